The summed E-state index contributed by atoms with van der Waals surface area (Å²) in [4.78, 5) is 2.33. The van der Waals surface area contributed by atoms with Gasteiger partial charge in [0.1, 0.15) is 0 Å². The molecule has 0 spiro atoms. The first-order chi connectivity index (χ1) is 8.74. The van der Waals surface area contributed by atoms with Crippen LogP contribution in [0.5, 0.6) is 0 Å². The van der Waals surface area contributed by atoms with Gasteiger partial charge in [-0.15, -0.1) is 11.6 Å². The van der Waals surface area contributed by atoms with Crippen LogP contribution in [0.15, 0.2) is 18.2 Å². The Morgan fingerprint density at radius 2 is 2.06 bits per heavy atom. The number of halogens is 2. The highest BCUT2D eigenvalue weighted by Gasteiger charge is 2.20. The van der Waals surface area contributed by atoms with Crippen molar-refractivity contribution in [2.45, 2.75) is 31.7 Å². The SMILES string of the molecule is CCOC1CCN(c2ccc(CCl)cc2Cl)CC1. The highest BCUT2D eigenvalue weighted by molar-refractivity contribution is 6.33. The maximum absolute atomic E-state index is 6.31. The highest BCUT2D eigenvalue weighted by Crippen LogP contribution is 2.30. The van der Waals surface area contributed by atoms with Gasteiger partial charge in [-0.1, -0.05) is 17.7 Å². The summed E-state index contributed by atoms with van der Waals surface area (Å²) in [6, 6.07) is 6.07. The predicted molar refractivity (Wildman–Crippen MR) is 77.9 cm³/mol. The second kappa shape index (κ2) is 6.65. The standard InChI is InChI=1S/C14H19Cl2NO/c1-2-18-12-5-7-17(8-6-12)14-4-3-11(10-15)9-13(14)16/h3-4,9,12H,2,5-8,10H2,1H3. The van der Waals surface area contributed by atoms with Crippen LogP contribution < -0.4 is 4.90 Å². The van der Waals surface area contributed by atoms with Gasteiger partial charge in [0.25, 0.3) is 0 Å². The molecule has 0 atom stereocenters. The lowest BCUT2D eigenvalue weighted by Gasteiger charge is -2.34. The number of benzene rings is 1. The van der Waals surface area contributed by atoms with E-state index in [4.69, 9.17) is 27.9 Å². The van der Waals surface area contributed by atoms with Crippen molar-refractivity contribution in [2.24, 2.45) is 0 Å². The van der Waals surface area contributed by atoms with E-state index in [9.17, 15) is 0 Å². The molecule has 100 valence electrons. The monoisotopic (exact) mass is 287 g/mol. The fourth-order valence-electron chi connectivity index (χ4n) is 2.39. The molecular weight excluding hydrogens is 269 g/mol. The minimum absolute atomic E-state index is 0.409. The average molecular weight is 288 g/mol. The number of rotatable bonds is 4. The van der Waals surface area contributed by atoms with Crippen LogP contribution in [-0.4, -0.2) is 25.8 Å². The maximum Gasteiger partial charge on any atom is 0.0642 e. The van der Waals surface area contributed by atoms with E-state index < -0.39 is 0 Å². The molecule has 0 bridgehead atoms. The first kappa shape index (κ1) is 14.0. The Bertz CT molecular complexity index is 389. The largest absolute Gasteiger partial charge is 0.378 e. The summed E-state index contributed by atoms with van der Waals surface area (Å²) in [7, 11) is 0. The van der Waals surface area contributed by atoms with Gasteiger partial charge in [-0.2, -0.15) is 0 Å². The van der Waals surface area contributed by atoms with Crippen LogP contribution in [0.25, 0.3) is 0 Å². The van der Waals surface area contributed by atoms with Crippen molar-refractivity contribution < 1.29 is 4.74 Å². The summed E-state index contributed by atoms with van der Waals surface area (Å²) < 4.78 is 5.66. The number of hydrogen-bond acceptors (Lipinski definition) is 2. The van der Waals surface area contributed by atoms with E-state index >= 15 is 0 Å². The van der Waals surface area contributed by atoms with Gasteiger partial charge in [-0.25, -0.2) is 0 Å². The van der Waals surface area contributed by atoms with E-state index in [1.807, 2.05) is 19.1 Å². The second-order valence-corrected chi connectivity index (χ2v) is 5.24. The van der Waals surface area contributed by atoms with E-state index in [1.54, 1.807) is 0 Å². The molecule has 1 aromatic carbocycles. The quantitative estimate of drug-likeness (QED) is 0.774. The summed E-state index contributed by atoms with van der Waals surface area (Å²) >= 11 is 12.1. The summed E-state index contributed by atoms with van der Waals surface area (Å²) in [5, 5.41) is 0.794. The van der Waals surface area contributed by atoms with Crippen molar-refractivity contribution in [1.29, 1.82) is 0 Å². The Hall–Kier alpha value is -0.440. The van der Waals surface area contributed by atoms with Crippen molar-refractivity contribution in [3.63, 3.8) is 0 Å². The molecule has 1 fully saturated rings. The number of alkyl halides is 1. The van der Waals surface area contributed by atoms with Gasteiger partial charge >= 0.3 is 0 Å². The Morgan fingerprint density at radius 3 is 2.61 bits per heavy atom. The van der Waals surface area contributed by atoms with E-state index in [1.165, 1.54) is 0 Å². The molecule has 0 aliphatic carbocycles. The molecule has 0 aromatic heterocycles. The lowest BCUT2D eigenvalue weighted by Crippen LogP contribution is -2.37. The summed E-state index contributed by atoms with van der Waals surface area (Å²) in [6.45, 7) is 4.86. The molecular formula is C14H19Cl2NO. The van der Waals surface area contributed by atoms with Gasteiger partial charge in [0, 0.05) is 25.6 Å². The molecule has 1 aliphatic heterocycles. The molecule has 0 radical (unpaired) electrons. The van der Waals surface area contributed by atoms with Crippen molar-refractivity contribution in [3.8, 4) is 0 Å². The van der Waals surface area contributed by atoms with Gasteiger partial charge < -0.3 is 9.64 Å². The Morgan fingerprint density at radius 1 is 1.33 bits per heavy atom. The average Bonchev–Trinajstić information content (AvgIpc) is 2.40. The van der Waals surface area contributed by atoms with Crippen molar-refractivity contribution >= 4 is 28.9 Å². The van der Waals surface area contributed by atoms with Gasteiger partial charge in [-0.05, 0) is 37.5 Å². The molecule has 18 heavy (non-hydrogen) atoms. The normalized spacial score (nSPS) is 17.2. The first-order valence-electron chi connectivity index (χ1n) is 6.45. The summed E-state index contributed by atoms with van der Waals surface area (Å²) in [5.41, 5.74) is 2.18. The third-order valence-electron chi connectivity index (χ3n) is 3.35. The molecule has 0 N–H and O–H groups in total. The van der Waals surface area contributed by atoms with Crippen molar-refractivity contribution in [2.75, 3.05) is 24.6 Å². The van der Waals surface area contributed by atoms with Gasteiger partial charge in [0.2, 0.25) is 0 Å². The molecule has 0 unspecified atom stereocenters. The summed E-state index contributed by atoms with van der Waals surface area (Å²) in [5.74, 6) is 0.506. The van der Waals surface area contributed by atoms with Gasteiger partial charge in [0.15, 0.2) is 0 Å². The lowest BCUT2D eigenvalue weighted by atomic mass is 10.1. The minimum atomic E-state index is 0.409. The van der Waals surface area contributed by atoms with Crippen LogP contribution in [0.2, 0.25) is 5.02 Å². The fourth-order valence-corrected chi connectivity index (χ4v) is 2.88. The summed E-state index contributed by atoms with van der Waals surface area (Å²) in [6.07, 6.45) is 2.55. The molecule has 1 aromatic rings. The van der Waals surface area contributed by atoms with Gasteiger partial charge in [-0.3, -0.25) is 0 Å². The zero-order valence-corrected chi connectivity index (χ0v) is 12.2. The Labute approximate surface area is 119 Å². The molecule has 1 heterocycles. The van der Waals surface area contributed by atoms with E-state index in [0.29, 0.717) is 12.0 Å². The molecule has 0 saturated carbocycles. The smallest absolute Gasteiger partial charge is 0.0642 e. The van der Waals surface area contributed by atoms with Crippen LogP contribution in [0.1, 0.15) is 25.3 Å². The first-order valence-corrected chi connectivity index (χ1v) is 7.36. The Balaban J connectivity index is 2.01. The van der Waals surface area contributed by atoms with Crippen LogP contribution in [0.4, 0.5) is 5.69 Å². The number of ether oxygens (including phenoxy) is 1. The van der Waals surface area contributed by atoms with Crippen LogP contribution in [-0.2, 0) is 10.6 Å². The molecule has 1 aliphatic rings. The lowest BCUT2D eigenvalue weighted by molar-refractivity contribution is 0.0459. The number of anilines is 1. The van der Waals surface area contributed by atoms with Crippen LogP contribution >= 0.6 is 23.2 Å². The number of hydrogen-bond donors (Lipinski definition) is 0. The number of nitrogens with zero attached hydrogens (tertiary/aromatic N) is 1. The zero-order valence-electron chi connectivity index (χ0n) is 10.7. The maximum atomic E-state index is 6.31. The van der Waals surface area contributed by atoms with E-state index in [0.717, 1.165) is 48.8 Å². The second-order valence-electron chi connectivity index (χ2n) is 4.56. The highest BCUT2D eigenvalue weighted by atomic mass is 35.5. The van der Waals surface area contributed by atoms with E-state index in [-0.39, 0.29) is 0 Å². The van der Waals surface area contributed by atoms with Crippen LogP contribution in [0.3, 0.4) is 0 Å². The van der Waals surface area contributed by atoms with Crippen molar-refractivity contribution in [3.05, 3.63) is 28.8 Å². The zero-order chi connectivity index (χ0) is 13.0. The predicted octanol–water partition coefficient (Wildman–Crippen LogP) is 4.08. The third kappa shape index (κ3) is 3.31. The topological polar surface area (TPSA) is 12.5 Å². The number of piperidine rings is 1. The molecule has 0 amide bonds. The fraction of sp³-hybridized carbons (Fsp3) is 0.571. The minimum Gasteiger partial charge on any atom is -0.378 e. The van der Waals surface area contributed by atoms with E-state index in [2.05, 4.69) is 11.0 Å². The van der Waals surface area contributed by atoms with Crippen molar-refractivity contribution in [1.82, 2.24) is 0 Å². The van der Waals surface area contributed by atoms with Gasteiger partial charge in [0.05, 0.1) is 16.8 Å². The third-order valence-corrected chi connectivity index (χ3v) is 3.96. The molecule has 2 nitrogen and oxygen atoms in total. The molecule has 4 heteroatoms. The Kier molecular flexibility index (Phi) is 5.16. The molecule has 2 rings (SSSR count). The van der Waals surface area contributed by atoms with Crippen LogP contribution in [0, 0.1) is 0 Å². The molecule has 1 saturated heterocycles.